The first kappa shape index (κ1) is 15.1. The molecule has 1 unspecified atom stereocenters. The Kier molecular flexibility index (Phi) is 4.01. The second-order valence-electron chi connectivity index (χ2n) is 5.38. The van der Waals surface area contributed by atoms with E-state index in [1.807, 2.05) is 17.8 Å². The SMILES string of the molecule is C=CC(=O)N1CCN(C(=O)c2ccco2)C(c2nccn2C)C1. The van der Waals surface area contributed by atoms with Crippen molar-refractivity contribution in [2.45, 2.75) is 6.04 Å². The van der Waals surface area contributed by atoms with Gasteiger partial charge in [-0.05, 0) is 18.2 Å². The van der Waals surface area contributed by atoms with Gasteiger partial charge in [-0.3, -0.25) is 9.59 Å². The largest absolute Gasteiger partial charge is 0.459 e. The van der Waals surface area contributed by atoms with Crippen molar-refractivity contribution in [2.24, 2.45) is 7.05 Å². The number of amides is 2. The monoisotopic (exact) mass is 314 g/mol. The normalized spacial score (nSPS) is 18.0. The molecule has 120 valence electrons. The zero-order valence-electron chi connectivity index (χ0n) is 12.9. The lowest BCUT2D eigenvalue weighted by Gasteiger charge is -2.40. The van der Waals surface area contributed by atoms with Crippen LogP contribution in [0.5, 0.6) is 0 Å². The van der Waals surface area contributed by atoms with Crippen molar-refractivity contribution in [1.82, 2.24) is 19.4 Å². The summed E-state index contributed by atoms with van der Waals surface area (Å²) in [4.78, 5) is 32.4. The molecule has 0 saturated carbocycles. The topological polar surface area (TPSA) is 71.6 Å². The fraction of sp³-hybridized carbons (Fsp3) is 0.312. The lowest BCUT2D eigenvalue weighted by molar-refractivity contribution is -0.128. The van der Waals surface area contributed by atoms with Gasteiger partial charge in [0.25, 0.3) is 5.91 Å². The summed E-state index contributed by atoms with van der Waals surface area (Å²) in [6.07, 6.45) is 6.26. The standard InChI is InChI=1S/C16H18N4O3/c1-3-14(21)19-8-9-20(16(22)13-5-4-10-23-13)12(11-19)15-17-6-7-18(15)2/h3-7,10,12H,1,8-9,11H2,2H3. The lowest BCUT2D eigenvalue weighted by Crippen LogP contribution is -2.52. The van der Waals surface area contributed by atoms with Gasteiger partial charge < -0.3 is 18.8 Å². The summed E-state index contributed by atoms with van der Waals surface area (Å²) < 4.78 is 7.08. The Labute approximate surface area is 133 Å². The molecule has 0 spiro atoms. The first-order valence-corrected chi connectivity index (χ1v) is 7.35. The van der Waals surface area contributed by atoms with Crippen LogP contribution in [0.15, 0.2) is 47.9 Å². The second kappa shape index (κ2) is 6.12. The van der Waals surface area contributed by atoms with Gasteiger partial charge in [-0.15, -0.1) is 0 Å². The van der Waals surface area contributed by atoms with E-state index in [0.717, 1.165) is 5.82 Å². The Morgan fingerprint density at radius 1 is 1.43 bits per heavy atom. The number of carbonyl (C=O) groups is 2. The van der Waals surface area contributed by atoms with E-state index in [2.05, 4.69) is 11.6 Å². The highest BCUT2D eigenvalue weighted by Gasteiger charge is 2.36. The maximum absolute atomic E-state index is 12.7. The third-order valence-electron chi connectivity index (χ3n) is 4.02. The van der Waals surface area contributed by atoms with Crippen molar-refractivity contribution in [1.29, 1.82) is 0 Å². The van der Waals surface area contributed by atoms with Crippen molar-refractivity contribution in [3.05, 3.63) is 55.0 Å². The number of furan rings is 1. The van der Waals surface area contributed by atoms with Crippen LogP contribution in [0.25, 0.3) is 0 Å². The molecule has 1 fully saturated rings. The van der Waals surface area contributed by atoms with Crippen LogP contribution in [-0.4, -0.2) is 50.8 Å². The lowest BCUT2D eigenvalue weighted by atomic mass is 10.1. The van der Waals surface area contributed by atoms with Gasteiger partial charge in [-0.1, -0.05) is 6.58 Å². The van der Waals surface area contributed by atoms with Crippen LogP contribution >= 0.6 is 0 Å². The van der Waals surface area contributed by atoms with Gasteiger partial charge in [0.05, 0.1) is 6.26 Å². The van der Waals surface area contributed by atoms with Crippen molar-refractivity contribution >= 4 is 11.8 Å². The van der Waals surface area contributed by atoms with Crippen LogP contribution in [0, 0.1) is 0 Å². The number of piperazine rings is 1. The minimum Gasteiger partial charge on any atom is -0.459 e. The van der Waals surface area contributed by atoms with Crippen molar-refractivity contribution in [2.75, 3.05) is 19.6 Å². The Bertz CT molecular complexity index is 720. The maximum atomic E-state index is 12.7. The molecule has 0 N–H and O–H groups in total. The number of hydrogen-bond donors (Lipinski definition) is 0. The summed E-state index contributed by atoms with van der Waals surface area (Å²) in [6.45, 7) is 4.78. The molecule has 1 aliphatic heterocycles. The van der Waals surface area contributed by atoms with Crippen LogP contribution in [0.4, 0.5) is 0 Å². The molecule has 3 heterocycles. The molecule has 7 heteroatoms. The van der Waals surface area contributed by atoms with E-state index < -0.39 is 0 Å². The zero-order chi connectivity index (χ0) is 16.4. The number of aromatic nitrogens is 2. The molecule has 1 aliphatic rings. The highest BCUT2D eigenvalue weighted by atomic mass is 16.3. The average molecular weight is 314 g/mol. The Morgan fingerprint density at radius 3 is 2.87 bits per heavy atom. The smallest absolute Gasteiger partial charge is 0.290 e. The van der Waals surface area contributed by atoms with Crippen LogP contribution in [0.2, 0.25) is 0 Å². The number of carbonyl (C=O) groups excluding carboxylic acids is 2. The van der Waals surface area contributed by atoms with Crippen molar-refractivity contribution in [3.63, 3.8) is 0 Å². The first-order valence-electron chi connectivity index (χ1n) is 7.35. The quantitative estimate of drug-likeness (QED) is 0.799. The summed E-state index contributed by atoms with van der Waals surface area (Å²) in [7, 11) is 1.87. The molecule has 2 aromatic rings. The molecular formula is C16H18N4O3. The molecule has 1 saturated heterocycles. The van der Waals surface area contributed by atoms with E-state index >= 15 is 0 Å². The van der Waals surface area contributed by atoms with Crippen LogP contribution in [0.3, 0.4) is 0 Å². The molecule has 3 rings (SSSR count). The Morgan fingerprint density at radius 2 is 2.26 bits per heavy atom. The summed E-state index contributed by atoms with van der Waals surface area (Å²) in [6, 6.07) is 2.99. The van der Waals surface area contributed by atoms with Crippen molar-refractivity contribution < 1.29 is 14.0 Å². The van der Waals surface area contributed by atoms with Gasteiger partial charge in [-0.25, -0.2) is 4.98 Å². The van der Waals surface area contributed by atoms with Gasteiger partial charge in [0.15, 0.2) is 5.76 Å². The third-order valence-corrected chi connectivity index (χ3v) is 4.02. The summed E-state index contributed by atoms with van der Waals surface area (Å²) in [5, 5.41) is 0. The third kappa shape index (κ3) is 2.77. The fourth-order valence-corrected chi connectivity index (χ4v) is 2.82. The molecule has 23 heavy (non-hydrogen) atoms. The van der Waals surface area contributed by atoms with Gasteiger partial charge in [0.2, 0.25) is 5.91 Å². The molecule has 0 bridgehead atoms. The highest BCUT2D eigenvalue weighted by molar-refractivity contribution is 5.92. The van der Waals surface area contributed by atoms with Crippen molar-refractivity contribution in [3.8, 4) is 0 Å². The highest BCUT2D eigenvalue weighted by Crippen LogP contribution is 2.26. The number of nitrogens with zero attached hydrogens (tertiary/aromatic N) is 4. The van der Waals surface area contributed by atoms with Gasteiger partial charge in [-0.2, -0.15) is 0 Å². The Balaban J connectivity index is 1.92. The summed E-state index contributed by atoms with van der Waals surface area (Å²) in [5.74, 6) is 0.669. The van der Waals surface area contributed by atoms with E-state index in [4.69, 9.17) is 4.42 Å². The summed E-state index contributed by atoms with van der Waals surface area (Å²) >= 11 is 0. The van der Waals surface area contributed by atoms with E-state index in [1.165, 1.54) is 12.3 Å². The van der Waals surface area contributed by atoms with Gasteiger partial charge >= 0.3 is 0 Å². The molecule has 0 aliphatic carbocycles. The van der Waals surface area contributed by atoms with Crippen LogP contribution < -0.4 is 0 Å². The van der Waals surface area contributed by atoms with E-state index in [0.29, 0.717) is 19.6 Å². The second-order valence-corrected chi connectivity index (χ2v) is 5.38. The number of rotatable bonds is 3. The minimum atomic E-state index is -0.328. The van der Waals surface area contributed by atoms with E-state index in [-0.39, 0.29) is 23.6 Å². The maximum Gasteiger partial charge on any atom is 0.290 e. The molecule has 2 aromatic heterocycles. The van der Waals surface area contributed by atoms with Gasteiger partial charge in [0, 0.05) is 39.1 Å². The first-order chi connectivity index (χ1) is 11.1. The predicted octanol–water partition coefficient (Wildman–Crippen LogP) is 1.22. The van der Waals surface area contributed by atoms with Crippen LogP contribution in [0.1, 0.15) is 22.4 Å². The molecule has 1 atom stereocenters. The van der Waals surface area contributed by atoms with Crippen LogP contribution in [-0.2, 0) is 11.8 Å². The molecular weight excluding hydrogens is 296 g/mol. The molecule has 7 nitrogen and oxygen atoms in total. The molecule has 2 amide bonds. The number of aryl methyl sites for hydroxylation is 1. The van der Waals surface area contributed by atoms with Gasteiger partial charge in [0.1, 0.15) is 11.9 Å². The van der Waals surface area contributed by atoms with E-state index in [9.17, 15) is 9.59 Å². The predicted molar refractivity (Wildman–Crippen MR) is 82.5 cm³/mol. The minimum absolute atomic E-state index is 0.144. The summed E-state index contributed by atoms with van der Waals surface area (Å²) in [5.41, 5.74) is 0. The number of hydrogen-bond acceptors (Lipinski definition) is 4. The average Bonchev–Trinajstić information content (AvgIpc) is 3.24. The Hall–Kier alpha value is -2.83. The number of imidazole rings is 1. The fourth-order valence-electron chi connectivity index (χ4n) is 2.82. The molecule has 0 aromatic carbocycles. The molecule has 0 radical (unpaired) electrons. The van der Waals surface area contributed by atoms with E-state index in [1.54, 1.807) is 28.1 Å². The zero-order valence-corrected chi connectivity index (χ0v) is 12.9.